The number of rotatable bonds is 2. The molecule has 0 saturated carbocycles. The standard InChI is InChI=1S/C16H15F3N4/c1-22(2)11-6-4-5-10(7-11)14-8-13(16(17,18)19)12-9-20-23(3)15(12)21-14/h4-9H,1-3H3. The fourth-order valence-corrected chi connectivity index (χ4v) is 2.44. The third-order valence-electron chi connectivity index (χ3n) is 3.67. The van der Waals surface area contributed by atoms with E-state index in [4.69, 9.17) is 0 Å². The number of alkyl halides is 3. The predicted octanol–water partition coefficient (Wildman–Crippen LogP) is 3.72. The van der Waals surface area contributed by atoms with Crippen LogP contribution >= 0.6 is 0 Å². The molecule has 7 heteroatoms. The van der Waals surface area contributed by atoms with Crippen molar-refractivity contribution in [3.8, 4) is 11.3 Å². The number of pyridine rings is 1. The zero-order valence-electron chi connectivity index (χ0n) is 12.9. The second-order valence-corrected chi connectivity index (χ2v) is 5.50. The van der Waals surface area contributed by atoms with Gasteiger partial charge in [-0.25, -0.2) is 4.98 Å². The Morgan fingerprint density at radius 1 is 1.13 bits per heavy atom. The summed E-state index contributed by atoms with van der Waals surface area (Å²) in [6.45, 7) is 0. The zero-order chi connectivity index (χ0) is 16.8. The monoisotopic (exact) mass is 320 g/mol. The average molecular weight is 320 g/mol. The van der Waals surface area contributed by atoms with Crippen LogP contribution in [0.1, 0.15) is 5.56 Å². The summed E-state index contributed by atoms with van der Waals surface area (Å²) >= 11 is 0. The molecule has 0 amide bonds. The Morgan fingerprint density at radius 3 is 2.52 bits per heavy atom. The van der Waals surface area contributed by atoms with Gasteiger partial charge in [0.2, 0.25) is 0 Å². The van der Waals surface area contributed by atoms with E-state index < -0.39 is 11.7 Å². The van der Waals surface area contributed by atoms with Crippen molar-refractivity contribution in [1.82, 2.24) is 14.8 Å². The van der Waals surface area contributed by atoms with Crippen LogP contribution in [0, 0.1) is 0 Å². The van der Waals surface area contributed by atoms with Crippen LogP contribution in [0.4, 0.5) is 18.9 Å². The summed E-state index contributed by atoms with van der Waals surface area (Å²) in [7, 11) is 5.32. The molecular formula is C16H15F3N4. The van der Waals surface area contributed by atoms with Crippen LogP contribution in [0.5, 0.6) is 0 Å². The second-order valence-electron chi connectivity index (χ2n) is 5.50. The van der Waals surface area contributed by atoms with Crippen molar-refractivity contribution in [2.24, 2.45) is 7.05 Å². The number of aryl methyl sites for hydroxylation is 1. The van der Waals surface area contributed by atoms with Crippen molar-refractivity contribution in [2.45, 2.75) is 6.18 Å². The van der Waals surface area contributed by atoms with E-state index in [9.17, 15) is 13.2 Å². The van der Waals surface area contributed by atoms with E-state index in [2.05, 4.69) is 10.1 Å². The van der Waals surface area contributed by atoms with Crippen molar-refractivity contribution in [3.05, 3.63) is 42.1 Å². The van der Waals surface area contributed by atoms with Crippen molar-refractivity contribution < 1.29 is 13.2 Å². The van der Waals surface area contributed by atoms with E-state index in [0.717, 1.165) is 11.8 Å². The van der Waals surface area contributed by atoms with Crippen LogP contribution in [0.25, 0.3) is 22.3 Å². The first-order valence-corrected chi connectivity index (χ1v) is 6.95. The molecule has 0 saturated heterocycles. The average Bonchev–Trinajstić information content (AvgIpc) is 2.87. The molecule has 0 atom stereocenters. The van der Waals surface area contributed by atoms with E-state index in [1.54, 1.807) is 19.2 Å². The Hall–Kier alpha value is -2.57. The van der Waals surface area contributed by atoms with Crippen LogP contribution in [0.15, 0.2) is 36.5 Å². The van der Waals surface area contributed by atoms with Gasteiger partial charge in [0.15, 0.2) is 5.65 Å². The molecule has 0 aliphatic rings. The number of hydrogen-bond acceptors (Lipinski definition) is 3. The lowest BCUT2D eigenvalue weighted by molar-refractivity contribution is -0.136. The number of aromatic nitrogens is 3. The summed E-state index contributed by atoms with van der Waals surface area (Å²) in [6.07, 6.45) is -3.26. The number of hydrogen-bond donors (Lipinski definition) is 0. The molecule has 3 rings (SSSR count). The number of benzene rings is 1. The van der Waals surface area contributed by atoms with Crippen LogP contribution in [0.3, 0.4) is 0 Å². The second kappa shape index (κ2) is 5.26. The molecule has 3 aromatic rings. The zero-order valence-corrected chi connectivity index (χ0v) is 12.9. The highest BCUT2D eigenvalue weighted by Gasteiger charge is 2.34. The van der Waals surface area contributed by atoms with E-state index in [-0.39, 0.29) is 16.7 Å². The smallest absolute Gasteiger partial charge is 0.378 e. The summed E-state index contributed by atoms with van der Waals surface area (Å²) in [5, 5.41) is 3.90. The van der Waals surface area contributed by atoms with E-state index in [1.807, 2.05) is 31.1 Å². The highest BCUT2D eigenvalue weighted by atomic mass is 19.4. The first-order valence-electron chi connectivity index (χ1n) is 6.95. The maximum absolute atomic E-state index is 13.4. The fourth-order valence-electron chi connectivity index (χ4n) is 2.44. The molecule has 120 valence electrons. The third kappa shape index (κ3) is 2.74. The lowest BCUT2D eigenvalue weighted by Gasteiger charge is -2.14. The molecule has 23 heavy (non-hydrogen) atoms. The van der Waals surface area contributed by atoms with Crippen LogP contribution in [0.2, 0.25) is 0 Å². The first-order chi connectivity index (χ1) is 10.8. The summed E-state index contributed by atoms with van der Waals surface area (Å²) in [5.41, 5.74) is 1.29. The van der Waals surface area contributed by atoms with Crippen LogP contribution in [-0.2, 0) is 13.2 Å². The summed E-state index contributed by atoms with van der Waals surface area (Å²) in [6, 6.07) is 8.32. The number of anilines is 1. The highest BCUT2D eigenvalue weighted by molar-refractivity contribution is 5.83. The topological polar surface area (TPSA) is 34.0 Å². The molecule has 0 aliphatic heterocycles. The molecule has 0 unspecified atom stereocenters. The van der Waals surface area contributed by atoms with Gasteiger partial charge in [0.1, 0.15) is 0 Å². The van der Waals surface area contributed by atoms with E-state index in [0.29, 0.717) is 5.56 Å². The van der Waals surface area contributed by atoms with Crippen molar-refractivity contribution in [2.75, 3.05) is 19.0 Å². The van der Waals surface area contributed by atoms with Crippen LogP contribution < -0.4 is 4.90 Å². The lowest BCUT2D eigenvalue weighted by Crippen LogP contribution is -2.09. The van der Waals surface area contributed by atoms with Crippen molar-refractivity contribution in [3.63, 3.8) is 0 Å². The largest absolute Gasteiger partial charge is 0.417 e. The Labute approximate surface area is 131 Å². The van der Waals surface area contributed by atoms with Gasteiger partial charge in [-0.15, -0.1) is 0 Å². The normalized spacial score (nSPS) is 11.9. The Morgan fingerprint density at radius 2 is 1.87 bits per heavy atom. The van der Waals surface area contributed by atoms with E-state index in [1.165, 1.54) is 10.9 Å². The maximum Gasteiger partial charge on any atom is 0.417 e. The van der Waals surface area contributed by atoms with Gasteiger partial charge in [-0.1, -0.05) is 12.1 Å². The van der Waals surface area contributed by atoms with Gasteiger partial charge in [-0.3, -0.25) is 4.68 Å². The molecule has 0 spiro atoms. The van der Waals surface area contributed by atoms with Gasteiger partial charge < -0.3 is 4.90 Å². The van der Waals surface area contributed by atoms with Crippen LogP contribution in [-0.4, -0.2) is 28.9 Å². The third-order valence-corrected chi connectivity index (χ3v) is 3.67. The van der Waals surface area contributed by atoms with Gasteiger partial charge in [-0.2, -0.15) is 18.3 Å². The number of nitrogens with zero attached hydrogens (tertiary/aromatic N) is 4. The van der Waals surface area contributed by atoms with Gasteiger partial charge in [0.25, 0.3) is 0 Å². The molecule has 0 radical (unpaired) electrons. The molecule has 0 N–H and O–H groups in total. The predicted molar refractivity (Wildman–Crippen MR) is 83.3 cm³/mol. The van der Waals surface area contributed by atoms with Gasteiger partial charge >= 0.3 is 6.18 Å². The quantitative estimate of drug-likeness (QED) is 0.722. The van der Waals surface area contributed by atoms with Crippen molar-refractivity contribution >= 4 is 16.7 Å². The minimum absolute atomic E-state index is 0.00696. The Kier molecular flexibility index (Phi) is 3.50. The van der Waals surface area contributed by atoms with Gasteiger partial charge in [-0.05, 0) is 18.2 Å². The molecule has 4 nitrogen and oxygen atoms in total. The molecule has 0 bridgehead atoms. The summed E-state index contributed by atoms with van der Waals surface area (Å²) in [4.78, 5) is 6.25. The van der Waals surface area contributed by atoms with Crippen molar-refractivity contribution in [1.29, 1.82) is 0 Å². The van der Waals surface area contributed by atoms with Gasteiger partial charge in [0, 0.05) is 32.4 Å². The molecule has 1 aromatic carbocycles. The highest BCUT2D eigenvalue weighted by Crippen LogP contribution is 2.36. The minimum Gasteiger partial charge on any atom is -0.378 e. The minimum atomic E-state index is -4.46. The maximum atomic E-state index is 13.4. The SMILES string of the molecule is CN(C)c1cccc(-c2cc(C(F)(F)F)c3cnn(C)c3n2)c1. The molecule has 2 aromatic heterocycles. The number of fused-ring (bicyclic) bond motifs is 1. The Bertz CT molecular complexity index is 865. The molecule has 0 fully saturated rings. The summed E-state index contributed by atoms with van der Waals surface area (Å²) in [5.74, 6) is 0. The fraction of sp³-hybridized carbons (Fsp3) is 0.250. The summed E-state index contributed by atoms with van der Waals surface area (Å²) < 4.78 is 41.4. The van der Waals surface area contributed by atoms with E-state index >= 15 is 0 Å². The Balaban J connectivity index is 2.26. The first kappa shape index (κ1) is 15.3. The molecule has 0 aliphatic carbocycles. The number of halogens is 3. The lowest BCUT2D eigenvalue weighted by atomic mass is 10.1. The van der Waals surface area contributed by atoms with Gasteiger partial charge in [0.05, 0.1) is 22.8 Å². The molecular weight excluding hydrogens is 305 g/mol. The molecule has 2 heterocycles.